The zero-order valence-corrected chi connectivity index (χ0v) is 9.09. The first-order chi connectivity index (χ1) is 6.74. The largest absolute Gasteiger partial charge is 0.300 e. The van der Waals surface area contributed by atoms with Crippen molar-refractivity contribution in [3.05, 3.63) is 12.4 Å². The fourth-order valence-electron chi connectivity index (χ4n) is 1.74. The number of carbonyl (C=O) groups excluding carboxylic acids is 1. The second-order valence-corrected chi connectivity index (χ2v) is 5.10. The molecule has 1 heterocycles. The first-order valence-electron chi connectivity index (χ1n) is 4.91. The summed E-state index contributed by atoms with van der Waals surface area (Å²) in [6.45, 7) is 0. The third kappa shape index (κ3) is 2.38. The van der Waals surface area contributed by atoms with Gasteiger partial charge in [-0.05, 0) is 12.8 Å². The molecule has 0 aromatic carbocycles. The molecule has 76 valence electrons. The van der Waals surface area contributed by atoms with Gasteiger partial charge in [0.25, 0.3) is 0 Å². The number of aromatic nitrogens is 2. The van der Waals surface area contributed by atoms with Crippen LogP contribution in [0.3, 0.4) is 0 Å². The predicted molar refractivity (Wildman–Crippen MR) is 56.3 cm³/mol. The van der Waals surface area contributed by atoms with E-state index >= 15 is 0 Å². The maximum Gasteiger partial charge on any atom is 0.134 e. The topological polar surface area (TPSA) is 34.9 Å². The van der Waals surface area contributed by atoms with Gasteiger partial charge >= 0.3 is 0 Å². The standard InChI is InChI=1S/C10H14N2OS/c1-12-7-10(6-11-12)14-9-4-2-3-8(13)5-9/h6-7,9H,2-5H2,1H3. The Bertz CT molecular complexity index is 335. The number of aryl methyl sites for hydroxylation is 1. The Morgan fingerprint density at radius 2 is 2.50 bits per heavy atom. The Labute approximate surface area is 87.9 Å². The number of carbonyl (C=O) groups is 1. The van der Waals surface area contributed by atoms with Crippen LogP contribution < -0.4 is 0 Å². The molecule has 0 N–H and O–H groups in total. The van der Waals surface area contributed by atoms with E-state index in [-0.39, 0.29) is 0 Å². The van der Waals surface area contributed by atoms with Gasteiger partial charge < -0.3 is 0 Å². The van der Waals surface area contributed by atoms with E-state index in [1.54, 1.807) is 16.4 Å². The van der Waals surface area contributed by atoms with Crippen LogP contribution >= 0.6 is 11.8 Å². The van der Waals surface area contributed by atoms with Crippen LogP contribution in [0.5, 0.6) is 0 Å². The predicted octanol–water partition coefficient (Wildman–Crippen LogP) is 2.02. The lowest BCUT2D eigenvalue weighted by molar-refractivity contribution is -0.120. The molecule has 1 fully saturated rings. The Kier molecular flexibility index (Phi) is 2.91. The van der Waals surface area contributed by atoms with Gasteiger partial charge in [0.15, 0.2) is 0 Å². The van der Waals surface area contributed by atoms with Gasteiger partial charge in [-0.2, -0.15) is 5.10 Å². The fraction of sp³-hybridized carbons (Fsp3) is 0.600. The smallest absolute Gasteiger partial charge is 0.134 e. The molecule has 1 unspecified atom stereocenters. The maximum absolute atomic E-state index is 11.2. The van der Waals surface area contributed by atoms with Crippen molar-refractivity contribution in [2.45, 2.75) is 35.8 Å². The minimum atomic E-state index is 0.414. The van der Waals surface area contributed by atoms with Crippen molar-refractivity contribution in [3.63, 3.8) is 0 Å². The van der Waals surface area contributed by atoms with Gasteiger partial charge in [0.05, 0.1) is 6.20 Å². The summed E-state index contributed by atoms with van der Waals surface area (Å²) in [7, 11) is 1.91. The van der Waals surface area contributed by atoms with E-state index in [1.165, 1.54) is 4.90 Å². The van der Waals surface area contributed by atoms with Crippen molar-refractivity contribution in [1.29, 1.82) is 0 Å². The highest BCUT2D eigenvalue weighted by Gasteiger charge is 2.20. The van der Waals surface area contributed by atoms with Crippen molar-refractivity contribution in [2.75, 3.05) is 0 Å². The molecule has 2 rings (SSSR count). The van der Waals surface area contributed by atoms with E-state index < -0.39 is 0 Å². The molecular formula is C10H14N2OS. The van der Waals surface area contributed by atoms with E-state index in [1.807, 2.05) is 19.4 Å². The maximum atomic E-state index is 11.2. The summed E-state index contributed by atoms with van der Waals surface area (Å²) >= 11 is 1.78. The van der Waals surface area contributed by atoms with Crippen LogP contribution in [0.2, 0.25) is 0 Å². The number of ketones is 1. The normalized spacial score (nSPS) is 22.6. The van der Waals surface area contributed by atoms with E-state index in [0.717, 1.165) is 25.7 Å². The summed E-state index contributed by atoms with van der Waals surface area (Å²) in [5.41, 5.74) is 0. The number of nitrogens with zero attached hydrogens (tertiary/aromatic N) is 2. The second kappa shape index (κ2) is 4.17. The molecule has 0 amide bonds. The molecule has 0 bridgehead atoms. The van der Waals surface area contributed by atoms with Crippen LogP contribution in [0.15, 0.2) is 17.3 Å². The first kappa shape index (κ1) is 9.77. The number of thioether (sulfide) groups is 1. The SMILES string of the molecule is Cn1cc(SC2CCCC(=O)C2)cn1. The summed E-state index contributed by atoms with van der Waals surface area (Å²) in [5, 5.41) is 4.58. The monoisotopic (exact) mass is 210 g/mol. The van der Waals surface area contributed by atoms with Gasteiger partial charge in [0.2, 0.25) is 0 Å². The minimum Gasteiger partial charge on any atom is -0.300 e. The van der Waals surface area contributed by atoms with E-state index in [2.05, 4.69) is 5.10 Å². The average Bonchev–Trinajstić information content (AvgIpc) is 2.51. The summed E-state index contributed by atoms with van der Waals surface area (Å²) in [4.78, 5) is 12.4. The van der Waals surface area contributed by atoms with Gasteiger partial charge in [0.1, 0.15) is 5.78 Å². The van der Waals surface area contributed by atoms with Crippen molar-refractivity contribution in [3.8, 4) is 0 Å². The summed E-state index contributed by atoms with van der Waals surface area (Å²) in [6, 6.07) is 0. The molecule has 1 aliphatic carbocycles. The van der Waals surface area contributed by atoms with Crippen LogP contribution in [-0.4, -0.2) is 20.8 Å². The Balaban J connectivity index is 1.93. The molecule has 1 saturated carbocycles. The van der Waals surface area contributed by atoms with Crippen molar-refractivity contribution < 1.29 is 4.79 Å². The van der Waals surface area contributed by atoms with Gasteiger partial charge in [0, 0.05) is 36.2 Å². The highest BCUT2D eigenvalue weighted by Crippen LogP contribution is 2.31. The number of Topliss-reactive ketones (excluding diaryl/α,β-unsaturated/α-hetero) is 1. The molecule has 14 heavy (non-hydrogen) atoms. The molecule has 0 spiro atoms. The van der Waals surface area contributed by atoms with Gasteiger partial charge in [-0.15, -0.1) is 11.8 Å². The molecule has 1 aliphatic rings. The van der Waals surface area contributed by atoms with Crippen LogP contribution in [0.1, 0.15) is 25.7 Å². The Morgan fingerprint density at radius 3 is 3.14 bits per heavy atom. The fourth-order valence-corrected chi connectivity index (χ4v) is 3.00. The van der Waals surface area contributed by atoms with Gasteiger partial charge in [-0.1, -0.05) is 0 Å². The first-order valence-corrected chi connectivity index (χ1v) is 5.79. The van der Waals surface area contributed by atoms with E-state index in [4.69, 9.17) is 0 Å². The highest BCUT2D eigenvalue weighted by molar-refractivity contribution is 8.00. The van der Waals surface area contributed by atoms with E-state index in [0.29, 0.717) is 11.0 Å². The zero-order valence-electron chi connectivity index (χ0n) is 8.27. The lowest BCUT2D eigenvalue weighted by Gasteiger charge is -2.19. The van der Waals surface area contributed by atoms with Gasteiger partial charge in [-0.3, -0.25) is 9.48 Å². The van der Waals surface area contributed by atoms with Crippen LogP contribution in [0.25, 0.3) is 0 Å². The molecule has 0 radical (unpaired) electrons. The third-order valence-corrected chi connectivity index (χ3v) is 3.64. The Morgan fingerprint density at radius 1 is 1.64 bits per heavy atom. The minimum absolute atomic E-state index is 0.414. The molecule has 1 atom stereocenters. The molecule has 4 heteroatoms. The summed E-state index contributed by atoms with van der Waals surface area (Å²) in [5.74, 6) is 0.414. The second-order valence-electron chi connectivity index (χ2n) is 3.72. The summed E-state index contributed by atoms with van der Waals surface area (Å²) in [6.07, 6.45) is 7.60. The zero-order chi connectivity index (χ0) is 9.97. The van der Waals surface area contributed by atoms with Crippen LogP contribution in [-0.2, 0) is 11.8 Å². The number of rotatable bonds is 2. The Hall–Kier alpha value is -0.770. The molecule has 3 nitrogen and oxygen atoms in total. The lowest BCUT2D eigenvalue weighted by atomic mass is 9.99. The van der Waals surface area contributed by atoms with Gasteiger partial charge in [-0.25, -0.2) is 0 Å². The molecule has 1 aromatic rings. The summed E-state index contributed by atoms with van der Waals surface area (Å²) < 4.78 is 1.80. The number of hydrogen-bond acceptors (Lipinski definition) is 3. The molecule has 1 aromatic heterocycles. The molecule has 0 saturated heterocycles. The van der Waals surface area contributed by atoms with Crippen molar-refractivity contribution in [2.24, 2.45) is 7.05 Å². The lowest BCUT2D eigenvalue weighted by Crippen LogP contribution is -2.16. The van der Waals surface area contributed by atoms with Crippen LogP contribution in [0, 0.1) is 0 Å². The van der Waals surface area contributed by atoms with Crippen LogP contribution in [0.4, 0.5) is 0 Å². The molecular weight excluding hydrogens is 196 g/mol. The third-order valence-electron chi connectivity index (χ3n) is 2.42. The highest BCUT2D eigenvalue weighted by atomic mass is 32.2. The van der Waals surface area contributed by atoms with Crippen molar-refractivity contribution in [1.82, 2.24) is 9.78 Å². The van der Waals surface area contributed by atoms with E-state index in [9.17, 15) is 4.79 Å². The van der Waals surface area contributed by atoms with Crippen molar-refractivity contribution >= 4 is 17.5 Å². The average molecular weight is 210 g/mol. The number of hydrogen-bond donors (Lipinski definition) is 0. The molecule has 0 aliphatic heterocycles. The quantitative estimate of drug-likeness (QED) is 0.749.